The van der Waals surface area contributed by atoms with E-state index in [-0.39, 0.29) is 11.5 Å². The number of aromatic hydroxyl groups is 1. The topological polar surface area (TPSA) is 52.8 Å². The van der Waals surface area contributed by atoms with E-state index in [0.29, 0.717) is 11.3 Å². The van der Waals surface area contributed by atoms with E-state index in [4.69, 9.17) is 0 Å². The molecule has 0 saturated heterocycles. The Hall–Kier alpha value is -1.77. The van der Waals surface area contributed by atoms with Crippen LogP contribution in [0.25, 0.3) is 5.70 Å². The molecular formula is C13H19NO2. The monoisotopic (exact) mass is 221 g/mol. The SMILES string of the molecule is CC.CC=N/C(=C(\C)O)c1ccccc1O. The fraction of sp³-hybridized carbons (Fsp3) is 0.308. The summed E-state index contributed by atoms with van der Waals surface area (Å²) in [5.41, 5.74) is 0.927. The van der Waals surface area contributed by atoms with Crippen LogP contribution in [0.5, 0.6) is 5.75 Å². The number of hydrogen-bond acceptors (Lipinski definition) is 3. The number of hydrogen-bond donors (Lipinski definition) is 2. The minimum absolute atomic E-state index is 0.0876. The molecule has 0 amide bonds. The molecule has 0 aliphatic carbocycles. The molecule has 0 radical (unpaired) electrons. The number of allylic oxidation sites excluding steroid dienone is 1. The third kappa shape index (κ3) is 3.77. The summed E-state index contributed by atoms with van der Waals surface area (Å²) in [5.74, 6) is 0.200. The Kier molecular flexibility index (Phi) is 6.68. The fourth-order valence-corrected chi connectivity index (χ4v) is 1.16. The van der Waals surface area contributed by atoms with E-state index in [1.54, 1.807) is 37.4 Å². The molecule has 3 heteroatoms. The Morgan fingerprint density at radius 2 is 1.81 bits per heavy atom. The van der Waals surface area contributed by atoms with Gasteiger partial charge in [-0.15, -0.1) is 0 Å². The Morgan fingerprint density at radius 1 is 1.25 bits per heavy atom. The highest BCUT2D eigenvalue weighted by Crippen LogP contribution is 2.26. The molecule has 0 fully saturated rings. The predicted molar refractivity (Wildman–Crippen MR) is 68.8 cm³/mol. The van der Waals surface area contributed by atoms with Crippen LogP contribution in [0.4, 0.5) is 0 Å². The molecule has 16 heavy (non-hydrogen) atoms. The Balaban J connectivity index is 0.00000106. The number of para-hydroxylation sites is 1. The lowest BCUT2D eigenvalue weighted by molar-refractivity contribution is 0.415. The summed E-state index contributed by atoms with van der Waals surface area (Å²) < 4.78 is 0. The molecule has 0 aromatic heterocycles. The summed E-state index contributed by atoms with van der Waals surface area (Å²) in [7, 11) is 0. The van der Waals surface area contributed by atoms with Crippen molar-refractivity contribution in [3.05, 3.63) is 35.6 Å². The van der Waals surface area contributed by atoms with Crippen molar-refractivity contribution in [2.75, 3.05) is 0 Å². The van der Waals surface area contributed by atoms with Crippen LogP contribution in [-0.4, -0.2) is 16.4 Å². The van der Waals surface area contributed by atoms with Gasteiger partial charge in [0.25, 0.3) is 0 Å². The second-order valence-corrected chi connectivity index (χ2v) is 2.84. The van der Waals surface area contributed by atoms with Crippen molar-refractivity contribution in [2.45, 2.75) is 27.7 Å². The number of aliphatic hydroxyl groups is 1. The van der Waals surface area contributed by atoms with Crippen molar-refractivity contribution in [1.82, 2.24) is 0 Å². The van der Waals surface area contributed by atoms with E-state index in [0.717, 1.165) is 0 Å². The first-order valence-corrected chi connectivity index (χ1v) is 5.33. The lowest BCUT2D eigenvalue weighted by Gasteiger charge is -2.05. The smallest absolute Gasteiger partial charge is 0.125 e. The summed E-state index contributed by atoms with van der Waals surface area (Å²) in [6.45, 7) is 7.29. The van der Waals surface area contributed by atoms with E-state index in [2.05, 4.69) is 4.99 Å². The molecule has 0 atom stereocenters. The fourth-order valence-electron chi connectivity index (χ4n) is 1.16. The van der Waals surface area contributed by atoms with Crippen LogP contribution in [0, 0.1) is 0 Å². The van der Waals surface area contributed by atoms with Gasteiger partial charge in [0.05, 0.1) is 0 Å². The zero-order valence-electron chi connectivity index (χ0n) is 10.2. The summed E-state index contributed by atoms with van der Waals surface area (Å²) in [6, 6.07) is 6.77. The van der Waals surface area contributed by atoms with Gasteiger partial charge in [-0.25, -0.2) is 0 Å². The van der Waals surface area contributed by atoms with Gasteiger partial charge in [0.15, 0.2) is 0 Å². The molecule has 1 rings (SSSR count). The van der Waals surface area contributed by atoms with E-state index in [1.165, 1.54) is 6.92 Å². The Bertz CT molecular complexity index is 377. The van der Waals surface area contributed by atoms with Crippen LogP contribution in [0.3, 0.4) is 0 Å². The normalized spacial score (nSPS) is 11.8. The standard InChI is InChI=1S/C11H13NO2.C2H6/c1-3-12-11(8(2)13)9-6-4-5-7-10(9)14;1-2/h3-7,13-14H,1-2H3;1-2H3/b11-8+,12-3?;. The van der Waals surface area contributed by atoms with Gasteiger partial charge in [0.2, 0.25) is 0 Å². The van der Waals surface area contributed by atoms with E-state index in [9.17, 15) is 10.2 Å². The zero-order valence-corrected chi connectivity index (χ0v) is 10.2. The summed E-state index contributed by atoms with van der Waals surface area (Å²) in [6.07, 6.45) is 1.57. The average molecular weight is 221 g/mol. The third-order valence-corrected chi connectivity index (χ3v) is 1.76. The number of benzene rings is 1. The molecule has 88 valence electrons. The van der Waals surface area contributed by atoms with E-state index < -0.39 is 0 Å². The van der Waals surface area contributed by atoms with E-state index in [1.807, 2.05) is 13.8 Å². The molecule has 1 aromatic rings. The van der Waals surface area contributed by atoms with Crippen molar-refractivity contribution in [1.29, 1.82) is 0 Å². The van der Waals surface area contributed by atoms with Gasteiger partial charge in [-0.05, 0) is 26.0 Å². The van der Waals surface area contributed by atoms with Crippen molar-refractivity contribution < 1.29 is 10.2 Å². The lowest BCUT2D eigenvalue weighted by atomic mass is 10.1. The van der Waals surface area contributed by atoms with Gasteiger partial charge in [-0.3, -0.25) is 4.99 Å². The largest absolute Gasteiger partial charge is 0.510 e. The molecule has 0 saturated carbocycles. The minimum atomic E-state index is 0.0876. The van der Waals surface area contributed by atoms with Gasteiger partial charge < -0.3 is 10.2 Å². The van der Waals surface area contributed by atoms with Crippen molar-refractivity contribution in [3.63, 3.8) is 0 Å². The van der Waals surface area contributed by atoms with Crippen LogP contribution in [0.2, 0.25) is 0 Å². The van der Waals surface area contributed by atoms with Crippen molar-refractivity contribution >= 4 is 11.9 Å². The maximum atomic E-state index is 9.54. The molecule has 0 aliphatic heterocycles. The molecule has 2 N–H and O–H groups in total. The first-order chi connectivity index (χ1) is 7.66. The first-order valence-electron chi connectivity index (χ1n) is 5.33. The quantitative estimate of drug-likeness (QED) is 0.590. The summed E-state index contributed by atoms with van der Waals surface area (Å²) >= 11 is 0. The highest BCUT2D eigenvalue weighted by atomic mass is 16.3. The zero-order chi connectivity index (χ0) is 12.6. The Morgan fingerprint density at radius 3 is 2.25 bits per heavy atom. The molecule has 0 unspecified atom stereocenters. The van der Waals surface area contributed by atoms with Crippen LogP contribution in [0.15, 0.2) is 35.0 Å². The molecule has 0 bridgehead atoms. The van der Waals surface area contributed by atoms with Gasteiger partial charge in [-0.2, -0.15) is 0 Å². The second kappa shape index (κ2) is 7.51. The average Bonchev–Trinajstić information content (AvgIpc) is 2.29. The van der Waals surface area contributed by atoms with Crippen LogP contribution in [-0.2, 0) is 0 Å². The number of phenols is 1. The predicted octanol–water partition coefficient (Wildman–Crippen LogP) is 3.76. The molecule has 1 aromatic carbocycles. The number of aliphatic imine (C=N–C) groups is 1. The molecule has 0 heterocycles. The van der Waals surface area contributed by atoms with Crippen LogP contribution < -0.4 is 0 Å². The summed E-state index contributed by atoms with van der Waals surface area (Å²) in [5, 5.41) is 18.9. The molecular weight excluding hydrogens is 202 g/mol. The van der Waals surface area contributed by atoms with Crippen LogP contribution in [0.1, 0.15) is 33.3 Å². The molecule has 3 nitrogen and oxygen atoms in total. The summed E-state index contributed by atoms with van der Waals surface area (Å²) in [4.78, 5) is 4.00. The Labute approximate surface area is 96.8 Å². The van der Waals surface area contributed by atoms with Crippen molar-refractivity contribution in [3.8, 4) is 5.75 Å². The lowest BCUT2D eigenvalue weighted by Crippen LogP contribution is -1.87. The van der Waals surface area contributed by atoms with Gasteiger partial charge in [-0.1, -0.05) is 26.0 Å². The van der Waals surface area contributed by atoms with Gasteiger partial charge >= 0.3 is 0 Å². The maximum Gasteiger partial charge on any atom is 0.125 e. The highest BCUT2D eigenvalue weighted by molar-refractivity contribution is 5.76. The second-order valence-electron chi connectivity index (χ2n) is 2.84. The van der Waals surface area contributed by atoms with E-state index >= 15 is 0 Å². The first kappa shape index (κ1) is 14.2. The highest BCUT2D eigenvalue weighted by Gasteiger charge is 2.07. The maximum absolute atomic E-state index is 9.54. The van der Waals surface area contributed by atoms with Crippen molar-refractivity contribution in [2.24, 2.45) is 4.99 Å². The number of phenolic OH excluding ortho intramolecular Hbond substituents is 1. The number of rotatable bonds is 2. The minimum Gasteiger partial charge on any atom is -0.510 e. The number of nitrogens with zero attached hydrogens (tertiary/aromatic N) is 1. The van der Waals surface area contributed by atoms with Gasteiger partial charge in [0.1, 0.15) is 17.2 Å². The van der Waals surface area contributed by atoms with Crippen LogP contribution >= 0.6 is 0 Å². The third-order valence-electron chi connectivity index (χ3n) is 1.76. The number of aliphatic hydroxyl groups excluding tert-OH is 1. The van der Waals surface area contributed by atoms with Gasteiger partial charge in [0, 0.05) is 11.8 Å². The molecule has 0 aliphatic rings. The molecule has 0 spiro atoms.